The molecule has 1 saturated heterocycles. The summed E-state index contributed by atoms with van der Waals surface area (Å²) in [7, 11) is 3.13. The monoisotopic (exact) mass is 550 g/mol. The number of oxime groups is 1. The van der Waals surface area contributed by atoms with Gasteiger partial charge >= 0.3 is 0 Å². The van der Waals surface area contributed by atoms with Crippen LogP contribution in [0.1, 0.15) is 17.5 Å². The van der Waals surface area contributed by atoms with Crippen LogP contribution in [0.25, 0.3) is 0 Å². The molecule has 2 aliphatic heterocycles. The van der Waals surface area contributed by atoms with Crippen molar-refractivity contribution in [2.24, 2.45) is 39.8 Å². The predicted octanol–water partition coefficient (Wildman–Crippen LogP) is 2.67. The van der Waals surface area contributed by atoms with Crippen LogP contribution in [0.4, 0.5) is 0 Å². The molecule has 3 amide bonds. The number of hydrogen-bond acceptors (Lipinski definition) is 8. The molecule has 6 rings (SSSR count). The molecule has 2 aromatic carbocycles. The molecule has 11 heteroatoms. The van der Waals surface area contributed by atoms with Gasteiger partial charge in [-0.2, -0.15) is 5.10 Å². The third-order valence-corrected chi connectivity index (χ3v) is 8.59. The van der Waals surface area contributed by atoms with Crippen molar-refractivity contribution in [1.82, 2.24) is 10.3 Å². The number of imide groups is 1. The Hall–Kier alpha value is -3.92. The molecule has 6 atom stereocenters. The van der Waals surface area contributed by atoms with Crippen LogP contribution in [-0.2, 0) is 25.6 Å². The number of halogens is 1. The van der Waals surface area contributed by atoms with Gasteiger partial charge in [0.05, 0.1) is 38.2 Å². The third kappa shape index (κ3) is 4.23. The highest BCUT2D eigenvalue weighted by Gasteiger charge is 2.70. The van der Waals surface area contributed by atoms with Gasteiger partial charge in [-0.25, -0.2) is 5.43 Å². The first-order valence-electron chi connectivity index (χ1n) is 12.8. The number of carbonyl (C=O) groups is 3. The maximum atomic E-state index is 13.5. The average molecular weight is 551 g/mol. The fourth-order valence-electron chi connectivity index (χ4n) is 6.64. The molecule has 0 aromatic heterocycles. The van der Waals surface area contributed by atoms with Gasteiger partial charge in [-0.05, 0) is 54.2 Å². The molecule has 0 spiro atoms. The number of methoxy groups -OCH3 is 2. The Morgan fingerprint density at radius 3 is 2.51 bits per heavy atom. The van der Waals surface area contributed by atoms with Gasteiger partial charge in [-0.1, -0.05) is 35.0 Å². The molecule has 3 fully saturated rings. The molecule has 10 nitrogen and oxygen atoms in total. The van der Waals surface area contributed by atoms with Crippen molar-refractivity contribution in [2.75, 3.05) is 20.8 Å². The fraction of sp³-hybridized carbons (Fsp3) is 0.393. The van der Waals surface area contributed by atoms with Crippen molar-refractivity contribution in [1.29, 1.82) is 0 Å². The van der Waals surface area contributed by atoms with Crippen molar-refractivity contribution in [3.63, 3.8) is 0 Å². The molecule has 39 heavy (non-hydrogen) atoms. The van der Waals surface area contributed by atoms with Gasteiger partial charge in [0.15, 0.2) is 17.2 Å². The van der Waals surface area contributed by atoms with E-state index < -0.39 is 17.7 Å². The lowest BCUT2D eigenvalue weighted by molar-refractivity contribution is -0.141. The topological polar surface area (TPSA) is 119 Å². The Labute approximate surface area is 229 Å². The number of ether oxygens (including phenoxy) is 2. The summed E-state index contributed by atoms with van der Waals surface area (Å²) in [6.45, 7) is 0.274. The molecular formula is C28H27ClN4O6. The van der Waals surface area contributed by atoms with Gasteiger partial charge in [-0.15, -0.1) is 0 Å². The second kappa shape index (κ2) is 10.00. The molecule has 0 unspecified atom stereocenters. The van der Waals surface area contributed by atoms with Crippen LogP contribution in [-0.4, -0.2) is 61.4 Å². The van der Waals surface area contributed by atoms with Gasteiger partial charge < -0.3 is 14.3 Å². The van der Waals surface area contributed by atoms with E-state index in [1.165, 1.54) is 11.1 Å². The van der Waals surface area contributed by atoms with Gasteiger partial charge in [-0.3, -0.25) is 19.3 Å². The zero-order chi connectivity index (χ0) is 27.3. The molecule has 2 heterocycles. The van der Waals surface area contributed by atoms with Gasteiger partial charge in [0.1, 0.15) is 6.10 Å². The van der Waals surface area contributed by atoms with Gasteiger partial charge in [0.25, 0.3) is 5.91 Å². The first kappa shape index (κ1) is 25.4. The summed E-state index contributed by atoms with van der Waals surface area (Å²) in [6.07, 6.45) is 2.27. The Morgan fingerprint density at radius 1 is 1.08 bits per heavy atom. The summed E-state index contributed by atoms with van der Waals surface area (Å²) in [5.74, 6) is -1.18. The summed E-state index contributed by atoms with van der Waals surface area (Å²) in [5.41, 5.74) is 4.44. The molecule has 2 saturated carbocycles. The van der Waals surface area contributed by atoms with Crippen LogP contribution in [0.2, 0.25) is 5.02 Å². The number of rotatable bonds is 8. The van der Waals surface area contributed by atoms with E-state index in [0.717, 1.165) is 11.1 Å². The number of carbonyl (C=O) groups excluding carboxylic acids is 3. The number of benzene rings is 2. The van der Waals surface area contributed by atoms with Crippen LogP contribution in [0.15, 0.2) is 52.7 Å². The van der Waals surface area contributed by atoms with Crippen molar-refractivity contribution in [3.05, 3.63) is 58.6 Å². The smallest absolute Gasteiger partial charge is 0.289 e. The fourth-order valence-corrected chi connectivity index (χ4v) is 6.77. The lowest BCUT2D eigenvalue weighted by Crippen LogP contribution is -2.44. The van der Waals surface area contributed by atoms with Crippen LogP contribution >= 0.6 is 11.6 Å². The van der Waals surface area contributed by atoms with Crippen molar-refractivity contribution >= 4 is 41.2 Å². The SMILES string of the molecule is COc1ccc(CCN2C(=O)[C@@H]3[C@@H]4C[C@@H]([C@@H]5C(C(=O)N/N=C/c6ccc(Cl)cc6)=NO[C@@H]45)[C@@H]3C2=O)cc1OC. The highest BCUT2D eigenvalue weighted by Crippen LogP contribution is 2.61. The third-order valence-electron chi connectivity index (χ3n) is 8.34. The second-order valence-electron chi connectivity index (χ2n) is 10.2. The summed E-state index contributed by atoms with van der Waals surface area (Å²) < 4.78 is 10.7. The number of nitrogens with one attached hydrogen (secondary N) is 1. The van der Waals surface area contributed by atoms with Crippen LogP contribution in [0.5, 0.6) is 11.5 Å². The summed E-state index contributed by atoms with van der Waals surface area (Å²) in [4.78, 5) is 46.9. The van der Waals surface area contributed by atoms with E-state index in [2.05, 4.69) is 15.7 Å². The normalized spacial score (nSPS) is 28.4. The molecule has 2 aliphatic carbocycles. The van der Waals surface area contributed by atoms with Crippen molar-refractivity contribution in [3.8, 4) is 11.5 Å². The van der Waals surface area contributed by atoms with Crippen LogP contribution in [0, 0.1) is 29.6 Å². The minimum Gasteiger partial charge on any atom is -0.493 e. The molecule has 2 bridgehead atoms. The first-order valence-corrected chi connectivity index (χ1v) is 13.2. The Bertz CT molecular complexity index is 1390. The van der Waals surface area contributed by atoms with Gasteiger partial charge in [0, 0.05) is 17.5 Å². The minimum absolute atomic E-state index is 0.154. The zero-order valence-corrected chi connectivity index (χ0v) is 22.1. The molecule has 4 aliphatic rings. The van der Waals surface area contributed by atoms with Crippen molar-refractivity contribution in [2.45, 2.75) is 18.9 Å². The molecule has 0 radical (unpaired) electrons. The summed E-state index contributed by atoms with van der Waals surface area (Å²) >= 11 is 5.90. The quantitative estimate of drug-likeness (QED) is 0.307. The molecule has 202 valence electrons. The number of hydrazone groups is 1. The number of amides is 3. The highest BCUT2D eigenvalue weighted by molar-refractivity contribution is 6.40. The lowest BCUT2D eigenvalue weighted by atomic mass is 9.72. The number of hydrogen-bond donors (Lipinski definition) is 1. The highest BCUT2D eigenvalue weighted by atomic mass is 35.5. The van der Waals surface area contributed by atoms with E-state index in [4.69, 9.17) is 25.9 Å². The van der Waals surface area contributed by atoms with E-state index in [1.807, 2.05) is 12.1 Å². The van der Waals surface area contributed by atoms with Crippen LogP contribution in [0.3, 0.4) is 0 Å². The second-order valence-corrected chi connectivity index (χ2v) is 10.6. The number of likely N-dealkylation sites (tertiary alicyclic amines) is 1. The Kier molecular flexibility index (Phi) is 6.50. The Morgan fingerprint density at radius 2 is 1.79 bits per heavy atom. The van der Waals surface area contributed by atoms with E-state index in [9.17, 15) is 14.4 Å². The summed E-state index contributed by atoms with van der Waals surface area (Å²) in [5, 5.41) is 8.69. The maximum absolute atomic E-state index is 13.5. The number of fused-ring (bicyclic) bond motifs is 8. The van der Waals surface area contributed by atoms with E-state index in [1.54, 1.807) is 44.6 Å². The number of nitrogens with zero attached hydrogens (tertiary/aromatic N) is 3. The predicted molar refractivity (Wildman–Crippen MR) is 142 cm³/mol. The zero-order valence-electron chi connectivity index (χ0n) is 21.4. The van der Waals surface area contributed by atoms with Gasteiger partial charge in [0.2, 0.25) is 11.8 Å². The summed E-state index contributed by atoms with van der Waals surface area (Å²) in [6, 6.07) is 12.6. The van der Waals surface area contributed by atoms with Crippen LogP contribution < -0.4 is 14.9 Å². The van der Waals surface area contributed by atoms with E-state index in [0.29, 0.717) is 29.4 Å². The van der Waals surface area contributed by atoms with Crippen molar-refractivity contribution < 1.29 is 28.7 Å². The first-order chi connectivity index (χ1) is 18.9. The standard InChI is InChI=1S/C28H27ClN4O6/c1-37-19-8-5-14(11-20(19)38-2)9-10-33-27(35)21-17-12-18(22(21)28(33)36)25-23(17)24(32-39-25)26(34)31-30-13-15-3-6-16(29)7-4-15/h3-8,11,13,17-18,21-23,25H,9-10,12H2,1-2H3,(H,31,34)/b30-13+/t17-,18+,21+,22-,23-,25+/m1/s1. The Balaban J connectivity index is 1.12. The molecule has 1 N–H and O–H groups in total. The van der Waals surface area contributed by atoms with E-state index in [-0.39, 0.29) is 47.9 Å². The lowest BCUT2D eigenvalue weighted by Gasteiger charge is -2.29. The minimum atomic E-state index is -0.473. The molecule has 2 aromatic rings. The average Bonchev–Trinajstić information content (AvgIpc) is 3.69. The largest absolute Gasteiger partial charge is 0.493 e. The van der Waals surface area contributed by atoms with E-state index >= 15 is 0 Å². The maximum Gasteiger partial charge on any atom is 0.289 e. The molecular weight excluding hydrogens is 524 g/mol.